The van der Waals surface area contributed by atoms with Crippen molar-refractivity contribution in [3.05, 3.63) is 29.8 Å². The van der Waals surface area contributed by atoms with Crippen LogP contribution < -0.4 is 5.32 Å². The highest BCUT2D eigenvalue weighted by Crippen LogP contribution is 2.26. The standard InChI is InChI=1S/C13H18N2S/c1-10-4-6-11(7-5-10)14-12-15-13(2,3)8-9-16-12/h4-7H,8-9H2,1-3H3,(H,14,15). The van der Waals surface area contributed by atoms with E-state index in [1.807, 2.05) is 0 Å². The predicted molar refractivity (Wildman–Crippen MR) is 73.4 cm³/mol. The fraction of sp³-hybridized carbons (Fsp3) is 0.462. The highest BCUT2D eigenvalue weighted by Gasteiger charge is 2.22. The Kier molecular flexibility index (Phi) is 3.24. The van der Waals surface area contributed by atoms with Crippen LogP contribution >= 0.6 is 11.8 Å². The smallest absolute Gasteiger partial charge is 0.161 e. The number of nitrogens with zero attached hydrogens (tertiary/aromatic N) is 1. The minimum atomic E-state index is 0.0816. The summed E-state index contributed by atoms with van der Waals surface area (Å²) in [5.74, 6) is 1.14. The maximum atomic E-state index is 4.70. The van der Waals surface area contributed by atoms with Gasteiger partial charge in [-0.25, -0.2) is 0 Å². The molecule has 0 aromatic heterocycles. The van der Waals surface area contributed by atoms with Gasteiger partial charge in [0, 0.05) is 11.4 Å². The normalized spacial score (nSPS) is 19.1. The van der Waals surface area contributed by atoms with E-state index in [0.29, 0.717) is 0 Å². The molecule has 0 fully saturated rings. The molecule has 0 saturated carbocycles. The van der Waals surface area contributed by atoms with Gasteiger partial charge in [0.2, 0.25) is 0 Å². The Labute approximate surface area is 102 Å². The SMILES string of the molecule is Cc1ccc(NC2=NC(C)(C)CCS2)cc1. The maximum Gasteiger partial charge on any atom is 0.161 e. The molecule has 0 atom stereocenters. The second kappa shape index (κ2) is 4.50. The number of thioether (sulfide) groups is 1. The first kappa shape index (κ1) is 11.5. The highest BCUT2D eigenvalue weighted by molar-refractivity contribution is 8.14. The van der Waals surface area contributed by atoms with Crippen molar-refractivity contribution in [2.45, 2.75) is 32.7 Å². The van der Waals surface area contributed by atoms with Gasteiger partial charge in [-0.1, -0.05) is 29.5 Å². The van der Waals surface area contributed by atoms with Gasteiger partial charge < -0.3 is 5.32 Å². The van der Waals surface area contributed by atoms with Gasteiger partial charge in [0.05, 0.1) is 5.54 Å². The van der Waals surface area contributed by atoms with Gasteiger partial charge in [0.1, 0.15) is 0 Å². The number of rotatable bonds is 1. The molecule has 3 heteroatoms. The maximum absolute atomic E-state index is 4.70. The van der Waals surface area contributed by atoms with Crippen molar-refractivity contribution < 1.29 is 0 Å². The number of aliphatic imine (C=N–C) groups is 1. The molecule has 0 amide bonds. The zero-order chi connectivity index (χ0) is 11.6. The summed E-state index contributed by atoms with van der Waals surface area (Å²) in [6.07, 6.45) is 1.15. The van der Waals surface area contributed by atoms with Crippen molar-refractivity contribution in [3.8, 4) is 0 Å². The summed E-state index contributed by atoms with van der Waals surface area (Å²) < 4.78 is 0. The van der Waals surface area contributed by atoms with Crippen molar-refractivity contribution >= 4 is 22.6 Å². The van der Waals surface area contributed by atoms with Gasteiger partial charge >= 0.3 is 0 Å². The molecule has 0 radical (unpaired) electrons. The van der Waals surface area contributed by atoms with Crippen LogP contribution in [-0.2, 0) is 0 Å². The first-order valence-corrected chi connectivity index (χ1v) is 6.60. The van der Waals surface area contributed by atoms with E-state index in [-0.39, 0.29) is 5.54 Å². The number of benzene rings is 1. The predicted octanol–water partition coefficient (Wildman–Crippen LogP) is 3.68. The van der Waals surface area contributed by atoms with Crippen molar-refractivity contribution in [2.24, 2.45) is 4.99 Å². The topological polar surface area (TPSA) is 24.4 Å². The molecule has 1 aromatic carbocycles. The number of nitrogens with one attached hydrogen (secondary N) is 1. The summed E-state index contributed by atoms with van der Waals surface area (Å²) >= 11 is 1.80. The summed E-state index contributed by atoms with van der Waals surface area (Å²) in [6.45, 7) is 6.47. The Morgan fingerprint density at radius 1 is 1.25 bits per heavy atom. The zero-order valence-electron chi connectivity index (χ0n) is 10.1. The average Bonchev–Trinajstić information content (AvgIpc) is 2.20. The molecule has 1 heterocycles. The lowest BCUT2D eigenvalue weighted by molar-refractivity contribution is 0.507. The van der Waals surface area contributed by atoms with Gasteiger partial charge in [0.25, 0.3) is 0 Å². The highest BCUT2D eigenvalue weighted by atomic mass is 32.2. The lowest BCUT2D eigenvalue weighted by Crippen LogP contribution is -2.27. The second-order valence-corrected chi connectivity index (χ2v) is 5.90. The third kappa shape index (κ3) is 3.01. The van der Waals surface area contributed by atoms with Crippen LogP contribution in [0.4, 0.5) is 5.69 Å². The van der Waals surface area contributed by atoms with Gasteiger partial charge in [-0.3, -0.25) is 4.99 Å². The molecule has 0 spiro atoms. The summed E-state index contributed by atoms with van der Waals surface area (Å²) in [5.41, 5.74) is 2.48. The average molecular weight is 234 g/mol. The lowest BCUT2D eigenvalue weighted by Gasteiger charge is -2.26. The minimum Gasteiger partial charge on any atom is -0.335 e. The van der Waals surface area contributed by atoms with Gasteiger partial charge in [-0.2, -0.15) is 0 Å². The van der Waals surface area contributed by atoms with E-state index >= 15 is 0 Å². The minimum absolute atomic E-state index is 0.0816. The van der Waals surface area contributed by atoms with Crippen molar-refractivity contribution in [1.29, 1.82) is 0 Å². The Morgan fingerprint density at radius 3 is 2.56 bits per heavy atom. The summed E-state index contributed by atoms with van der Waals surface area (Å²) in [7, 11) is 0. The molecule has 1 aromatic rings. The molecule has 1 N–H and O–H groups in total. The fourth-order valence-electron chi connectivity index (χ4n) is 1.58. The van der Waals surface area contributed by atoms with Crippen LogP contribution in [0.15, 0.2) is 29.3 Å². The number of hydrogen-bond acceptors (Lipinski definition) is 3. The van der Waals surface area contributed by atoms with Gasteiger partial charge in [0.15, 0.2) is 5.17 Å². The Hall–Kier alpha value is -0.960. The summed E-state index contributed by atoms with van der Waals surface area (Å²) in [5, 5.41) is 4.42. The van der Waals surface area contributed by atoms with Crippen LogP contribution in [0, 0.1) is 6.92 Å². The molecule has 16 heavy (non-hydrogen) atoms. The van der Waals surface area contributed by atoms with Crippen molar-refractivity contribution in [2.75, 3.05) is 11.1 Å². The number of amidine groups is 1. The molecule has 86 valence electrons. The van der Waals surface area contributed by atoms with E-state index < -0.39 is 0 Å². The number of aryl methyl sites for hydroxylation is 1. The van der Waals surface area contributed by atoms with Crippen LogP contribution in [0.25, 0.3) is 0 Å². The molecule has 0 bridgehead atoms. The zero-order valence-corrected chi connectivity index (χ0v) is 10.9. The molecule has 2 rings (SSSR count). The fourth-order valence-corrected chi connectivity index (χ4v) is 2.88. The Balaban J connectivity index is 2.10. The largest absolute Gasteiger partial charge is 0.335 e. The first-order valence-electron chi connectivity index (χ1n) is 5.61. The van der Waals surface area contributed by atoms with Gasteiger partial charge in [-0.15, -0.1) is 0 Å². The molecule has 1 aliphatic rings. The second-order valence-electron chi connectivity index (χ2n) is 4.82. The van der Waals surface area contributed by atoms with E-state index in [4.69, 9.17) is 4.99 Å². The molecular weight excluding hydrogens is 216 g/mol. The molecular formula is C13H18N2S. The van der Waals surface area contributed by atoms with Crippen LogP contribution in [-0.4, -0.2) is 16.5 Å². The lowest BCUT2D eigenvalue weighted by atomic mass is 10.0. The van der Waals surface area contributed by atoms with Gasteiger partial charge in [-0.05, 0) is 39.3 Å². The van der Waals surface area contributed by atoms with E-state index in [2.05, 4.69) is 50.4 Å². The Bertz CT molecular complexity index is 393. The van der Waals surface area contributed by atoms with Crippen LogP contribution in [0.5, 0.6) is 0 Å². The van der Waals surface area contributed by atoms with E-state index in [0.717, 1.165) is 23.0 Å². The molecule has 0 unspecified atom stereocenters. The van der Waals surface area contributed by atoms with Crippen LogP contribution in [0.1, 0.15) is 25.8 Å². The van der Waals surface area contributed by atoms with E-state index in [1.54, 1.807) is 11.8 Å². The molecule has 0 saturated heterocycles. The Morgan fingerprint density at radius 2 is 1.94 bits per heavy atom. The summed E-state index contributed by atoms with van der Waals surface area (Å²) in [4.78, 5) is 4.70. The number of anilines is 1. The summed E-state index contributed by atoms with van der Waals surface area (Å²) in [6, 6.07) is 8.42. The van der Waals surface area contributed by atoms with E-state index in [1.165, 1.54) is 5.56 Å². The third-order valence-electron chi connectivity index (χ3n) is 2.66. The molecule has 2 nitrogen and oxygen atoms in total. The number of hydrogen-bond donors (Lipinski definition) is 1. The molecule has 1 aliphatic heterocycles. The van der Waals surface area contributed by atoms with E-state index in [9.17, 15) is 0 Å². The monoisotopic (exact) mass is 234 g/mol. The van der Waals surface area contributed by atoms with Crippen molar-refractivity contribution in [3.63, 3.8) is 0 Å². The van der Waals surface area contributed by atoms with Crippen molar-refractivity contribution in [1.82, 2.24) is 0 Å². The van der Waals surface area contributed by atoms with Crippen LogP contribution in [0.2, 0.25) is 0 Å². The molecule has 0 aliphatic carbocycles. The quantitative estimate of drug-likeness (QED) is 0.801. The first-order chi connectivity index (χ1) is 7.55. The third-order valence-corrected chi connectivity index (χ3v) is 3.53. The van der Waals surface area contributed by atoms with Crippen LogP contribution in [0.3, 0.4) is 0 Å².